The molecule has 8 saturated heterocycles. The molecule has 32 N–H and O–H groups in total. The van der Waals surface area contributed by atoms with Crippen molar-refractivity contribution in [3.63, 3.8) is 0 Å². The van der Waals surface area contributed by atoms with Gasteiger partial charge in [0.05, 0.1) is 65.9 Å². The second-order valence-corrected chi connectivity index (χ2v) is 31.7. The van der Waals surface area contributed by atoms with Gasteiger partial charge in [-0.1, -0.05) is 0 Å². The fourth-order valence-corrected chi connectivity index (χ4v) is 15.7. The van der Waals surface area contributed by atoms with Gasteiger partial charge in [0, 0.05) is 55.4 Å². The fraction of sp³-hybridized carbons (Fsp3) is 0.829. The standard InChI is InChI=1S/C70H116N12O42S2/c1-19(89)73-37-51(105)45(99)29(11-83)115-63(37)111-17-35-57(121-65-39(75-21(3)91)53(107)47(101)31(13-85)117-65)59(123-67-41(77-23(5)93)55(109)49(103)33(15-87)119-67)43(79-25(7)95)61(113-35)81-69(125)71-9-27(97)28(98)10-72-70(126)82-62-44(80-26(8)96)60(124-68-42(78-24(6)94)56(110)50(104)34(16-88)120-68)58(122-66-40(76-22(4)92)54(108)48(102)32(14-86)118-66)36(114-62)18-112-64-38(74-20(2)90)52(106)46(100)30(12-84)116-64/h29-68,83-88,97-110H,9-18H2,1-8H3,(H,73,89)(H,74,90)(H,75,91)(H,76,92)(H,77,93)(H,78,94)(H,79,95)(H,80,96)(H2,71,81,125)(H2,72,82,126)/b28-27+/t29-,30-,31-,32-,33-,34-,35-,36-,37-,38-,39-,40-,41-,42-,43-,44-,45-,46-,47-,48-,49-,50-,51-,52-,53-,54-,55-,56-,57-,58-,59-,60-,61-,62-,63-,64-,65+,66+,67+,68+/m1/s1. The minimum Gasteiger partial charge on any atom is -0.507 e. The predicted molar refractivity (Wildman–Crippen MR) is 416 cm³/mol. The molecular formula is C70H116N12O42S2. The maximum Gasteiger partial charge on any atom is 0.217 e. The zero-order valence-corrected chi connectivity index (χ0v) is 70.5. The number of aliphatic hydroxyl groups is 20. The first kappa shape index (κ1) is 105. The number of aliphatic hydroxyl groups excluding tert-OH is 20. The van der Waals surface area contributed by atoms with Gasteiger partial charge in [0.1, 0.15) is 195 Å². The molecule has 8 amide bonds. The zero-order valence-electron chi connectivity index (χ0n) is 68.9. The van der Waals surface area contributed by atoms with Crippen LogP contribution >= 0.6 is 24.4 Å². The first-order chi connectivity index (χ1) is 59.4. The van der Waals surface area contributed by atoms with Crippen LogP contribution in [0.4, 0.5) is 0 Å². The van der Waals surface area contributed by atoms with E-state index in [4.69, 9.17) is 90.8 Å². The SMILES string of the molecule is CC(=O)N[C@@H]1[C@@H](O[C@@H]2O[C@H](CO)[C@@H](O)[C@H](O)[C@H]2NC(C)=O)[C@H](O[C@@H]2O[C@H](CO)[C@@H](O)[C@H](O)[C@H]2NC(C)=O)[C@@H](CO[C@@H]2O[C@H](CO)[C@@H](O)[C@H](O)[C@H]2NC(C)=O)O[C@H]1NC(=S)NC/C(O)=C(\O)CNC(=S)N[C@@H]1O[C@H](CO[C@@H]2O[C@H](CO)[C@@H](O)[C@H](O)[C@H]2NC(C)=O)[C@@H](O[C@@H]2O[C@H](CO)[C@@H](O)[C@H](O)[C@H]2NC(C)=O)[C@H](O[C@@H]2O[C@H](CO)[C@@H](O)[C@H](O)[C@H]2NC(C)=O)[C@H]1NC(C)=O. The van der Waals surface area contributed by atoms with Gasteiger partial charge < -0.3 is 232 Å². The van der Waals surface area contributed by atoms with Crippen LogP contribution in [0.1, 0.15) is 55.4 Å². The van der Waals surface area contributed by atoms with Crippen molar-refractivity contribution in [3.05, 3.63) is 11.5 Å². The van der Waals surface area contributed by atoms with Crippen molar-refractivity contribution in [2.45, 2.75) is 300 Å². The number of hydrogen-bond acceptors (Lipinski definition) is 44. The minimum atomic E-state index is -2.05. The quantitative estimate of drug-likeness (QED) is 0.0210. The summed E-state index contributed by atoms with van der Waals surface area (Å²) in [5.74, 6) is -8.85. The normalized spacial score (nSPS) is 40.9. The third kappa shape index (κ3) is 26.3. The third-order valence-corrected chi connectivity index (χ3v) is 21.9. The molecule has 0 bridgehead atoms. The smallest absolute Gasteiger partial charge is 0.217 e. The van der Waals surface area contributed by atoms with Crippen molar-refractivity contribution in [1.29, 1.82) is 0 Å². The Morgan fingerprint density at radius 3 is 0.659 bits per heavy atom. The summed E-state index contributed by atoms with van der Waals surface area (Å²) >= 11 is 11.4. The molecule has 0 saturated carbocycles. The topological polar surface area (TPSA) is 815 Å². The highest BCUT2D eigenvalue weighted by Gasteiger charge is 2.60. The van der Waals surface area contributed by atoms with Gasteiger partial charge in [-0.2, -0.15) is 0 Å². The Morgan fingerprint density at radius 1 is 0.262 bits per heavy atom. The number of thiocarbonyl (C=S) groups is 2. The Bertz CT molecular complexity index is 3460. The van der Waals surface area contributed by atoms with Crippen LogP contribution < -0.4 is 63.8 Å². The van der Waals surface area contributed by atoms with Crippen molar-refractivity contribution in [3.8, 4) is 0 Å². The van der Waals surface area contributed by atoms with E-state index in [1.165, 1.54) is 0 Å². The van der Waals surface area contributed by atoms with Gasteiger partial charge >= 0.3 is 0 Å². The van der Waals surface area contributed by atoms with E-state index in [2.05, 4.69) is 63.8 Å². The number of carbonyl (C=O) groups is 8. The highest BCUT2D eigenvalue weighted by atomic mass is 32.1. The van der Waals surface area contributed by atoms with E-state index in [9.17, 15) is 140 Å². The predicted octanol–water partition coefficient (Wildman–Crippen LogP) is -18.1. The molecule has 8 rings (SSSR count). The Hall–Kier alpha value is -6.80. The maximum absolute atomic E-state index is 13.7. The van der Waals surface area contributed by atoms with Gasteiger partial charge in [0.15, 0.2) is 71.9 Å². The molecule has 54 nitrogen and oxygen atoms in total. The van der Waals surface area contributed by atoms with Crippen molar-refractivity contribution >= 4 is 81.9 Å². The molecule has 0 aromatic heterocycles. The second kappa shape index (κ2) is 47.3. The summed E-state index contributed by atoms with van der Waals surface area (Å²) in [6.45, 7) is -1.66. The third-order valence-electron chi connectivity index (χ3n) is 21.4. The number of nitrogens with one attached hydrogen (secondary N) is 12. The fourth-order valence-electron chi connectivity index (χ4n) is 15.3. The molecule has 8 aliphatic heterocycles. The number of hydrogen-bond donors (Lipinski definition) is 32. The van der Waals surface area contributed by atoms with Gasteiger partial charge in [-0.15, -0.1) is 0 Å². The lowest BCUT2D eigenvalue weighted by Crippen LogP contribution is -2.73. The van der Waals surface area contributed by atoms with Gasteiger partial charge in [0.25, 0.3) is 0 Å². The van der Waals surface area contributed by atoms with Crippen molar-refractivity contribution < 1.29 is 207 Å². The molecule has 0 unspecified atom stereocenters. The van der Waals surface area contributed by atoms with Crippen LogP contribution in [0, 0.1) is 0 Å². The van der Waals surface area contributed by atoms with Gasteiger partial charge in [0.2, 0.25) is 47.3 Å². The van der Waals surface area contributed by atoms with Gasteiger partial charge in [-0.05, 0) is 24.4 Å². The summed E-state index contributed by atoms with van der Waals surface area (Å²) < 4.78 is 87.5. The van der Waals surface area contributed by atoms with Gasteiger partial charge in [-0.3, -0.25) is 38.4 Å². The first-order valence-electron chi connectivity index (χ1n) is 39.7. The molecule has 8 heterocycles. The lowest BCUT2D eigenvalue weighted by molar-refractivity contribution is -0.348. The lowest BCUT2D eigenvalue weighted by atomic mass is 9.92. The summed E-state index contributed by atoms with van der Waals surface area (Å²) in [7, 11) is 0. The first-order valence-corrected chi connectivity index (χ1v) is 40.5. The molecule has 0 radical (unpaired) electrons. The molecule has 8 aliphatic rings. The average molecular weight is 1860 g/mol. The van der Waals surface area contributed by atoms with Crippen LogP contribution in [-0.2, 0) is 105 Å². The monoisotopic (exact) mass is 1860 g/mol. The Labute approximate surface area is 727 Å². The highest BCUT2D eigenvalue weighted by Crippen LogP contribution is 2.38. The van der Waals surface area contributed by atoms with E-state index in [0.29, 0.717) is 0 Å². The molecule has 720 valence electrons. The summed E-state index contributed by atoms with van der Waals surface area (Å²) in [4.78, 5) is 104. The summed E-state index contributed by atoms with van der Waals surface area (Å²) in [6.07, 6.45) is -61.1. The summed E-state index contributed by atoms with van der Waals surface area (Å²) in [6, 6.07) is -14.2. The lowest BCUT2D eigenvalue weighted by Gasteiger charge is -2.52. The maximum atomic E-state index is 13.7. The van der Waals surface area contributed by atoms with Crippen LogP contribution in [0.25, 0.3) is 0 Å². The van der Waals surface area contributed by atoms with E-state index in [0.717, 1.165) is 55.4 Å². The second-order valence-electron chi connectivity index (χ2n) is 30.9. The van der Waals surface area contributed by atoms with Crippen molar-refractivity contribution in [2.24, 2.45) is 0 Å². The van der Waals surface area contributed by atoms with E-state index in [-0.39, 0.29) is 0 Å². The summed E-state index contributed by atoms with van der Waals surface area (Å²) in [5.41, 5.74) is 0. The average Bonchev–Trinajstić information content (AvgIpc) is 0.760. The molecule has 0 aromatic carbocycles. The molecule has 0 spiro atoms. The highest BCUT2D eigenvalue weighted by molar-refractivity contribution is 7.80. The van der Waals surface area contributed by atoms with Crippen LogP contribution in [-0.4, -0.2) is 471 Å². The Kier molecular flexibility index (Phi) is 39.3. The van der Waals surface area contributed by atoms with Crippen LogP contribution in [0.3, 0.4) is 0 Å². The van der Waals surface area contributed by atoms with Crippen molar-refractivity contribution in [2.75, 3.05) is 65.9 Å². The van der Waals surface area contributed by atoms with Crippen LogP contribution in [0.2, 0.25) is 0 Å². The number of rotatable bonds is 34. The van der Waals surface area contributed by atoms with Crippen molar-refractivity contribution in [1.82, 2.24) is 63.8 Å². The minimum absolute atomic E-state index is 0.573. The number of ether oxygens (including phenoxy) is 14. The van der Waals surface area contributed by atoms with E-state index in [1.54, 1.807) is 0 Å². The van der Waals surface area contributed by atoms with E-state index < -0.39 is 380 Å². The van der Waals surface area contributed by atoms with E-state index in [1.807, 2.05) is 0 Å². The molecular weight excluding hydrogens is 1740 g/mol. The number of amides is 8. The molecule has 8 fully saturated rings. The largest absolute Gasteiger partial charge is 0.507 e. The number of carbonyl (C=O) groups excluding carboxylic acids is 8. The summed E-state index contributed by atoms with van der Waals surface area (Å²) in [5, 5.41) is 250. The molecule has 56 heteroatoms. The molecule has 126 heavy (non-hydrogen) atoms. The molecule has 40 atom stereocenters. The molecule has 0 aliphatic carbocycles. The van der Waals surface area contributed by atoms with Crippen LogP contribution in [0.5, 0.6) is 0 Å². The Balaban J connectivity index is 1.15. The van der Waals surface area contributed by atoms with Crippen LogP contribution in [0.15, 0.2) is 11.5 Å². The zero-order chi connectivity index (χ0) is 93.5. The molecule has 0 aromatic rings. The van der Waals surface area contributed by atoms with E-state index >= 15 is 0 Å². The van der Waals surface area contributed by atoms with Gasteiger partial charge in [-0.25, -0.2) is 0 Å². The Morgan fingerprint density at radius 2 is 0.452 bits per heavy atom.